The Morgan fingerprint density at radius 3 is 2.50 bits per heavy atom. The second-order valence-electron chi connectivity index (χ2n) is 3.87. The first-order valence-corrected chi connectivity index (χ1v) is 6.01. The van der Waals surface area contributed by atoms with E-state index >= 15 is 0 Å². The van der Waals surface area contributed by atoms with E-state index in [9.17, 15) is 9.18 Å². The van der Waals surface area contributed by atoms with Crippen LogP contribution in [0.15, 0.2) is 36.4 Å². The molecule has 18 heavy (non-hydrogen) atoms. The van der Waals surface area contributed by atoms with Crippen LogP contribution >= 0.6 is 23.2 Å². The number of ketones is 1. The lowest BCUT2D eigenvalue weighted by Gasteiger charge is -2.07. The second kappa shape index (κ2) is 5.09. The van der Waals surface area contributed by atoms with Crippen molar-refractivity contribution in [3.8, 4) is 0 Å². The van der Waals surface area contributed by atoms with E-state index < -0.39 is 5.82 Å². The molecule has 0 heterocycles. The van der Waals surface area contributed by atoms with Gasteiger partial charge in [-0.05, 0) is 36.8 Å². The first-order chi connectivity index (χ1) is 8.50. The van der Waals surface area contributed by atoms with Crippen molar-refractivity contribution in [2.75, 3.05) is 0 Å². The molecule has 2 aromatic rings. The van der Waals surface area contributed by atoms with Crippen molar-refractivity contribution in [2.24, 2.45) is 0 Å². The van der Waals surface area contributed by atoms with E-state index in [-0.39, 0.29) is 10.8 Å². The molecule has 0 spiro atoms. The van der Waals surface area contributed by atoms with Crippen molar-refractivity contribution < 1.29 is 9.18 Å². The second-order valence-corrected chi connectivity index (χ2v) is 4.68. The topological polar surface area (TPSA) is 17.1 Å². The van der Waals surface area contributed by atoms with Crippen LogP contribution in [0, 0.1) is 12.7 Å². The number of hydrogen-bond donors (Lipinski definition) is 0. The van der Waals surface area contributed by atoms with Crippen molar-refractivity contribution in [3.05, 3.63) is 69.0 Å². The van der Waals surface area contributed by atoms with Gasteiger partial charge in [-0.3, -0.25) is 4.79 Å². The van der Waals surface area contributed by atoms with E-state index in [0.29, 0.717) is 21.7 Å². The van der Waals surface area contributed by atoms with Crippen molar-refractivity contribution >= 4 is 29.0 Å². The highest BCUT2D eigenvalue weighted by atomic mass is 35.5. The molecule has 0 saturated heterocycles. The van der Waals surface area contributed by atoms with Gasteiger partial charge in [0.15, 0.2) is 5.78 Å². The summed E-state index contributed by atoms with van der Waals surface area (Å²) in [4.78, 5) is 12.2. The zero-order chi connectivity index (χ0) is 13.3. The monoisotopic (exact) mass is 282 g/mol. The van der Waals surface area contributed by atoms with E-state index in [0.717, 1.165) is 0 Å². The number of carbonyl (C=O) groups excluding carboxylic acids is 1. The van der Waals surface area contributed by atoms with Crippen molar-refractivity contribution in [1.29, 1.82) is 0 Å². The van der Waals surface area contributed by atoms with E-state index in [1.54, 1.807) is 25.1 Å². The fraction of sp³-hybridized carbons (Fsp3) is 0.0714. The minimum atomic E-state index is -0.545. The van der Waals surface area contributed by atoms with Gasteiger partial charge in [-0.25, -0.2) is 4.39 Å². The Hall–Kier alpha value is -1.38. The highest BCUT2D eigenvalue weighted by Gasteiger charge is 2.14. The van der Waals surface area contributed by atoms with E-state index in [1.807, 2.05) is 0 Å². The molecule has 0 aliphatic heterocycles. The first-order valence-electron chi connectivity index (χ1n) is 5.25. The third kappa shape index (κ3) is 2.40. The third-order valence-electron chi connectivity index (χ3n) is 2.69. The van der Waals surface area contributed by atoms with Gasteiger partial charge in [0.05, 0.1) is 5.02 Å². The Kier molecular flexibility index (Phi) is 3.69. The molecule has 0 fully saturated rings. The van der Waals surface area contributed by atoms with Crippen molar-refractivity contribution in [2.45, 2.75) is 6.92 Å². The summed E-state index contributed by atoms with van der Waals surface area (Å²) in [5, 5.41) is 0.453. The van der Waals surface area contributed by atoms with Crippen LogP contribution in [0.1, 0.15) is 21.5 Å². The maximum Gasteiger partial charge on any atom is 0.193 e. The predicted molar refractivity (Wildman–Crippen MR) is 71.0 cm³/mol. The van der Waals surface area contributed by atoms with Crippen LogP contribution in [0.2, 0.25) is 10.0 Å². The summed E-state index contributed by atoms with van der Waals surface area (Å²) < 4.78 is 13.0. The minimum Gasteiger partial charge on any atom is -0.289 e. The summed E-state index contributed by atoms with van der Waals surface area (Å²) in [5.41, 5.74) is 1.53. The normalized spacial score (nSPS) is 10.4. The zero-order valence-corrected chi connectivity index (χ0v) is 11.0. The average Bonchev–Trinajstić information content (AvgIpc) is 2.35. The molecule has 4 heteroatoms. The van der Waals surface area contributed by atoms with Gasteiger partial charge >= 0.3 is 0 Å². The number of benzene rings is 2. The number of carbonyl (C=O) groups is 1. The molecule has 2 rings (SSSR count). The first kappa shape index (κ1) is 13.1. The highest BCUT2D eigenvalue weighted by molar-refractivity contribution is 6.32. The lowest BCUT2D eigenvalue weighted by atomic mass is 9.99. The predicted octanol–water partition coefficient (Wildman–Crippen LogP) is 4.67. The van der Waals surface area contributed by atoms with E-state index in [1.165, 1.54) is 18.2 Å². The van der Waals surface area contributed by atoms with Gasteiger partial charge in [0.1, 0.15) is 5.82 Å². The Morgan fingerprint density at radius 1 is 1.11 bits per heavy atom. The van der Waals surface area contributed by atoms with Crippen LogP contribution in [-0.2, 0) is 0 Å². The quantitative estimate of drug-likeness (QED) is 0.732. The molecule has 0 saturated carbocycles. The fourth-order valence-electron chi connectivity index (χ4n) is 1.65. The molecule has 0 bridgehead atoms. The highest BCUT2D eigenvalue weighted by Crippen LogP contribution is 2.23. The van der Waals surface area contributed by atoms with Gasteiger partial charge in [0.25, 0.3) is 0 Å². The van der Waals surface area contributed by atoms with Gasteiger partial charge < -0.3 is 0 Å². The van der Waals surface area contributed by atoms with Crippen LogP contribution in [-0.4, -0.2) is 5.78 Å². The van der Waals surface area contributed by atoms with Crippen molar-refractivity contribution in [1.82, 2.24) is 0 Å². The Morgan fingerprint density at radius 2 is 1.83 bits per heavy atom. The standard InChI is InChI=1S/C14H9Cl2FO/c1-8-10(3-2-4-11(8)15)14(18)9-5-6-13(17)12(16)7-9/h2-7H,1H3. The van der Waals surface area contributed by atoms with E-state index in [2.05, 4.69) is 0 Å². The summed E-state index contributed by atoms with van der Waals surface area (Å²) in [6, 6.07) is 9.00. The summed E-state index contributed by atoms with van der Waals surface area (Å²) >= 11 is 11.6. The van der Waals surface area contributed by atoms with Crippen LogP contribution in [0.3, 0.4) is 0 Å². The van der Waals surface area contributed by atoms with Crippen molar-refractivity contribution in [3.63, 3.8) is 0 Å². The average molecular weight is 283 g/mol. The summed E-state index contributed by atoms with van der Waals surface area (Å²) in [6.45, 7) is 1.76. The molecule has 0 unspecified atom stereocenters. The van der Waals surface area contributed by atoms with Gasteiger partial charge in [0.2, 0.25) is 0 Å². The molecular weight excluding hydrogens is 274 g/mol. The SMILES string of the molecule is Cc1c(Cl)cccc1C(=O)c1ccc(F)c(Cl)c1. The van der Waals surface area contributed by atoms with Crippen LogP contribution in [0.4, 0.5) is 4.39 Å². The molecule has 2 aromatic carbocycles. The van der Waals surface area contributed by atoms with Crippen LogP contribution in [0.25, 0.3) is 0 Å². The molecule has 92 valence electrons. The summed E-state index contributed by atoms with van der Waals surface area (Å²) in [6.07, 6.45) is 0. The summed E-state index contributed by atoms with van der Waals surface area (Å²) in [7, 11) is 0. The molecule has 0 aliphatic rings. The molecule has 0 N–H and O–H groups in total. The fourth-order valence-corrected chi connectivity index (χ4v) is 2.00. The number of halogens is 3. The van der Waals surface area contributed by atoms with E-state index in [4.69, 9.17) is 23.2 Å². The number of hydrogen-bond acceptors (Lipinski definition) is 1. The maximum atomic E-state index is 13.0. The van der Waals surface area contributed by atoms with Crippen LogP contribution < -0.4 is 0 Å². The molecular formula is C14H9Cl2FO. The molecule has 0 atom stereocenters. The third-order valence-corrected chi connectivity index (χ3v) is 3.39. The molecule has 0 amide bonds. The Balaban J connectivity index is 2.48. The minimum absolute atomic E-state index is 0.0690. The van der Waals surface area contributed by atoms with Gasteiger partial charge in [-0.1, -0.05) is 35.3 Å². The lowest BCUT2D eigenvalue weighted by Crippen LogP contribution is -2.04. The van der Waals surface area contributed by atoms with Gasteiger partial charge in [-0.15, -0.1) is 0 Å². The van der Waals surface area contributed by atoms with Gasteiger partial charge in [-0.2, -0.15) is 0 Å². The smallest absolute Gasteiger partial charge is 0.193 e. The lowest BCUT2D eigenvalue weighted by molar-refractivity contribution is 0.103. The van der Waals surface area contributed by atoms with Gasteiger partial charge in [0, 0.05) is 16.1 Å². The molecule has 0 radical (unpaired) electrons. The van der Waals surface area contributed by atoms with Crippen LogP contribution in [0.5, 0.6) is 0 Å². The maximum absolute atomic E-state index is 13.0. The molecule has 1 nitrogen and oxygen atoms in total. The molecule has 0 aromatic heterocycles. The Labute approximate surface area is 114 Å². The largest absolute Gasteiger partial charge is 0.289 e. The summed E-state index contributed by atoms with van der Waals surface area (Å²) in [5.74, 6) is -0.770. The molecule has 0 aliphatic carbocycles. The number of rotatable bonds is 2. The zero-order valence-electron chi connectivity index (χ0n) is 9.51. The Bertz CT molecular complexity index is 623.